The number of hydrogen-bond acceptors (Lipinski definition) is 2. The molecule has 0 atom stereocenters. The van der Waals surface area contributed by atoms with Crippen molar-refractivity contribution in [3.8, 4) is 0 Å². The third kappa shape index (κ3) is 5.27. The Morgan fingerprint density at radius 1 is 1.00 bits per heavy atom. The minimum atomic E-state index is 0.121. The molecule has 0 aliphatic carbocycles. The van der Waals surface area contributed by atoms with Crippen LogP contribution in [0.25, 0.3) is 0 Å². The zero-order chi connectivity index (χ0) is 13.2. The molecule has 0 aliphatic heterocycles. The average Bonchev–Trinajstić information content (AvgIpc) is 2.42. The van der Waals surface area contributed by atoms with Gasteiger partial charge in [-0.25, -0.2) is 0 Å². The van der Waals surface area contributed by atoms with Crippen LogP contribution in [0.15, 0.2) is 60.7 Å². The summed E-state index contributed by atoms with van der Waals surface area (Å²) in [4.78, 5) is 0. The molecule has 0 aromatic heterocycles. The second-order valence-corrected chi connectivity index (χ2v) is 3.80. The topological polar surface area (TPSA) is 61.9 Å². The minimum absolute atomic E-state index is 0.121. The maximum Gasteiger partial charge on any atom is 0.122 e. The lowest BCUT2D eigenvalue weighted by Gasteiger charge is -1.95. The Hall–Kier alpha value is -2.13. The maximum atomic E-state index is 7.01. The molecule has 0 heterocycles. The van der Waals surface area contributed by atoms with Crippen LogP contribution in [0, 0.1) is 5.41 Å². The van der Waals surface area contributed by atoms with Crippen molar-refractivity contribution in [2.24, 2.45) is 5.73 Å². The van der Waals surface area contributed by atoms with Crippen molar-refractivity contribution in [3.05, 3.63) is 71.8 Å². The molecule has 0 amide bonds. The van der Waals surface area contributed by atoms with E-state index in [-0.39, 0.29) is 5.84 Å². The van der Waals surface area contributed by atoms with Crippen molar-refractivity contribution in [2.45, 2.75) is 6.54 Å². The largest absolute Gasteiger partial charge is 0.384 e. The van der Waals surface area contributed by atoms with Crippen LogP contribution in [-0.4, -0.2) is 12.9 Å². The van der Waals surface area contributed by atoms with Gasteiger partial charge in [-0.1, -0.05) is 60.7 Å². The lowest BCUT2D eigenvalue weighted by molar-refractivity contribution is 0.818. The van der Waals surface area contributed by atoms with Crippen LogP contribution in [0.5, 0.6) is 0 Å². The molecule has 0 radical (unpaired) electrons. The number of nitrogen functional groups attached to an aromatic ring is 1. The number of benzene rings is 2. The summed E-state index contributed by atoms with van der Waals surface area (Å²) in [5.74, 6) is 0.121. The van der Waals surface area contributed by atoms with Gasteiger partial charge in [0.05, 0.1) is 0 Å². The van der Waals surface area contributed by atoms with E-state index in [4.69, 9.17) is 11.1 Å². The summed E-state index contributed by atoms with van der Waals surface area (Å²) in [5.41, 5.74) is 7.31. The Morgan fingerprint density at radius 2 is 1.50 bits per heavy atom. The number of hydrogen-bond donors (Lipinski definition) is 3. The molecule has 4 N–H and O–H groups in total. The van der Waals surface area contributed by atoms with Crippen molar-refractivity contribution in [3.63, 3.8) is 0 Å². The lowest BCUT2D eigenvalue weighted by atomic mass is 10.2. The van der Waals surface area contributed by atoms with Crippen molar-refractivity contribution in [1.82, 2.24) is 5.32 Å². The number of nitrogens with two attached hydrogens (primary N) is 1. The fraction of sp³-hybridized carbons (Fsp3) is 0.133. The maximum absolute atomic E-state index is 7.01. The van der Waals surface area contributed by atoms with Crippen LogP contribution >= 0.6 is 0 Å². The van der Waals surface area contributed by atoms with Crippen molar-refractivity contribution in [1.29, 1.82) is 5.41 Å². The molecule has 0 aliphatic rings. The van der Waals surface area contributed by atoms with Crippen LogP contribution in [0.3, 0.4) is 0 Å². The molecule has 3 heteroatoms. The van der Waals surface area contributed by atoms with Gasteiger partial charge in [-0.2, -0.15) is 0 Å². The molecule has 0 spiro atoms. The van der Waals surface area contributed by atoms with Crippen LogP contribution in [0.1, 0.15) is 11.1 Å². The van der Waals surface area contributed by atoms with Gasteiger partial charge >= 0.3 is 0 Å². The minimum Gasteiger partial charge on any atom is -0.384 e. The molecule has 0 saturated heterocycles. The summed E-state index contributed by atoms with van der Waals surface area (Å²) in [6.07, 6.45) is 0. The second-order valence-electron chi connectivity index (χ2n) is 3.80. The Kier molecular flexibility index (Phi) is 6.22. The second kappa shape index (κ2) is 8.03. The van der Waals surface area contributed by atoms with E-state index < -0.39 is 0 Å². The Balaban J connectivity index is 0.000000180. The van der Waals surface area contributed by atoms with Gasteiger partial charge in [0.1, 0.15) is 5.84 Å². The standard InChI is InChI=1S/C8H11N.C7H8N2/c1-9-7-8-5-3-2-4-6-8;8-7(9)6-4-2-1-3-5-6/h2-6,9H,7H2,1H3;1-5H,(H3,8,9). The van der Waals surface area contributed by atoms with E-state index in [1.807, 2.05) is 55.6 Å². The average molecular weight is 241 g/mol. The van der Waals surface area contributed by atoms with E-state index in [1.165, 1.54) is 5.56 Å². The Labute approximate surface area is 108 Å². The van der Waals surface area contributed by atoms with Gasteiger partial charge in [0.2, 0.25) is 0 Å². The SMILES string of the molecule is CNCc1ccccc1.N=C(N)c1ccccc1. The molecular formula is C15H19N3. The van der Waals surface area contributed by atoms with Crippen LogP contribution in [0.4, 0.5) is 0 Å². The zero-order valence-corrected chi connectivity index (χ0v) is 10.6. The summed E-state index contributed by atoms with van der Waals surface area (Å²) < 4.78 is 0. The summed E-state index contributed by atoms with van der Waals surface area (Å²) in [5, 5.41) is 10.1. The first-order valence-electron chi connectivity index (χ1n) is 5.82. The highest BCUT2D eigenvalue weighted by atomic mass is 14.8. The zero-order valence-electron chi connectivity index (χ0n) is 10.6. The third-order valence-electron chi connectivity index (χ3n) is 2.31. The summed E-state index contributed by atoms with van der Waals surface area (Å²) in [7, 11) is 1.95. The Morgan fingerprint density at radius 3 is 1.89 bits per heavy atom. The predicted octanol–water partition coefficient (Wildman–Crippen LogP) is 2.38. The van der Waals surface area contributed by atoms with Gasteiger partial charge in [0, 0.05) is 12.1 Å². The van der Waals surface area contributed by atoms with Crippen molar-refractivity contribution >= 4 is 5.84 Å². The first-order chi connectivity index (χ1) is 8.74. The highest BCUT2D eigenvalue weighted by Gasteiger charge is 1.89. The van der Waals surface area contributed by atoms with Gasteiger partial charge in [0.25, 0.3) is 0 Å². The molecule has 0 unspecified atom stereocenters. The smallest absolute Gasteiger partial charge is 0.122 e. The van der Waals surface area contributed by atoms with E-state index in [1.54, 1.807) is 0 Å². The normalized spacial score (nSPS) is 9.17. The predicted molar refractivity (Wildman–Crippen MR) is 76.7 cm³/mol. The Bertz CT molecular complexity index is 452. The highest BCUT2D eigenvalue weighted by molar-refractivity contribution is 5.94. The molecule has 0 saturated carbocycles. The molecule has 0 bridgehead atoms. The van der Waals surface area contributed by atoms with E-state index in [9.17, 15) is 0 Å². The molecule has 2 rings (SSSR count). The van der Waals surface area contributed by atoms with Gasteiger partial charge in [-0.15, -0.1) is 0 Å². The fourth-order valence-corrected chi connectivity index (χ4v) is 1.42. The highest BCUT2D eigenvalue weighted by Crippen LogP contribution is 1.96. The lowest BCUT2D eigenvalue weighted by Crippen LogP contribution is -2.10. The van der Waals surface area contributed by atoms with Crippen LogP contribution in [0.2, 0.25) is 0 Å². The number of rotatable bonds is 3. The first kappa shape index (κ1) is 13.9. The molecule has 18 heavy (non-hydrogen) atoms. The van der Waals surface area contributed by atoms with Crippen molar-refractivity contribution in [2.75, 3.05) is 7.05 Å². The van der Waals surface area contributed by atoms with Gasteiger partial charge in [0.15, 0.2) is 0 Å². The van der Waals surface area contributed by atoms with Crippen LogP contribution < -0.4 is 11.1 Å². The molecular weight excluding hydrogens is 222 g/mol. The van der Waals surface area contributed by atoms with E-state index in [0.717, 1.165) is 12.1 Å². The summed E-state index contributed by atoms with van der Waals surface area (Å²) in [6, 6.07) is 19.6. The summed E-state index contributed by atoms with van der Waals surface area (Å²) in [6.45, 7) is 0.959. The van der Waals surface area contributed by atoms with Gasteiger partial charge in [-0.05, 0) is 12.6 Å². The number of nitrogens with one attached hydrogen (secondary N) is 2. The molecule has 2 aromatic rings. The molecule has 3 nitrogen and oxygen atoms in total. The van der Waals surface area contributed by atoms with E-state index in [2.05, 4.69) is 17.4 Å². The molecule has 94 valence electrons. The third-order valence-corrected chi connectivity index (χ3v) is 2.31. The molecule has 0 fully saturated rings. The van der Waals surface area contributed by atoms with E-state index >= 15 is 0 Å². The van der Waals surface area contributed by atoms with Gasteiger partial charge < -0.3 is 11.1 Å². The van der Waals surface area contributed by atoms with Gasteiger partial charge in [-0.3, -0.25) is 5.41 Å². The number of amidine groups is 1. The summed E-state index contributed by atoms with van der Waals surface area (Å²) >= 11 is 0. The quantitative estimate of drug-likeness (QED) is 0.570. The first-order valence-corrected chi connectivity index (χ1v) is 5.82. The monoisotopic (exact) mass is 241 g/mol. The van der Waals surface area contributed by atoms with E-state index in [0.29, 0.717) is 0 Å². The van der Waals surface area contributed by atoms with Crippen molar-refractivity contribution < 1.29 is 0 Å². The molecule has 2 aromatic carbocycles. The van der Waals surface area contributed by atoms with Crippen LogP contribution in [-0.2, 0) is 6.54 Å². The fourth-order valence-electron chi connectivity index (χ4n) is 1.42.